The minimum atomic E-state index is -0.118. The second kappa shape index (κ2) is 4.28. The molecule has 3 N–H and O–H groups in total. The molecule has 78 valence electrons. The lowest BCUT2D eigenvalue weighted by Crippen LogP contribution is -2.39. The Kier molecular flexibility index (Phi) is 3.50. The minimum Gasteiger partial charge on any atom is -0.364 e. The minimum absolute atomic E-state index is 0.118. The molecule has 0 spiro atoms. The molecule has 4 heteroatoms. The maximum Gasteiger partial charge on any atom is 0.126 e. The van der Waals surface area contributed by atoms with Crippen molar-refractivity contribution in [1.82, 2.24) is 4.98 Å². The smallest absolute Gasteiger partial charge is 0.126 e. The van der Waals surface area contributed by atoms with Crippen LogP contribution in [0.25, 0.3) is 0 Å². The van der Waals surface area contributed by atoms with Gasteiger partial charge in [0.15, 0.2) is 0 Å². The molecule has 0 saturated heterocycles. The Balaban J connectivity index is 2.83. The second-order valence-corrected chi connectivity index (χ2v) is 4.83. The van der Waals surface area contributed by atoms with Gasteiger partial charge in [0.25, 0.3) is 0 Å². The number of aromatic nitrogens is 1. The fourth-order valence-electron chi connectivity index (χ4n) is 1.01. The Hall–Kier alpha value is -0.610. The van der Waals surface area contributed by atoms with E-state index in [4.69, 9.17) is 5.73 Å². The molecule has 1 rings (SSSR count). The zero-order chi connectivity index (χ0) is 10.8. The summed E-state index contributed by atoms with van der Waals surface area (Å²) in [7, 11) is 0. The van der Waals surface area contributed by atoms with Crippen LogP contribution in [0.3, 0.4) is 0 Å². The molecule has 0 radical (unpaired) electrons. The standard InChI is InChI=1S/C10H16BrN3/c1-7-8(11)4-5-9(13-7)14-10(2,3)6-12/h4-5H,6,12H2,1-3H3,(H,13,14). The van der Waals surface area contributed by atoms with Crippen molar-refractivity contribution in [2.24, 2.45) is 5.73 Å². The first kappa shape index (κ1) is 11.5. The van der Waals surface area contributed by atoms with Gasteiger partial charge >= 0.3 is 0 Å². The van der Waals surface area contributed by atoms with Gasteiger partial charge in [-0.1, -0.05) is 0 Å². The highest BCUT2D eigenvalue weighted by atomic mass is 79.9. The zero-order valence-corrected chi connectivity index (χ0v) is 10.4. The van der Waals surface area contributed by atoms with Gasteiger partial charge in [0.05, 0.1) is 5.69 Å². The summed E-state index contributed by atoms with van der Waals surface area (Å²) in [5.74, 6) is 0.862. The maximum atomic E-state index is 5.62. The van der Waals surface area contributed by atoms with Gasteiger partial charge in [-0.15, -0.1) is 0 Å². The lowest BCUT2D eigenvalue weighted by molar-refractivity contribution is 0.577. The number of aryl methyl sites for hydroxylation is 1. The molecule has 1 aromatic rings. The van der Waals surface area contributed by atoms with Crippen molar-refractivity contribution in [1.29, 1.82) is 0 Å². The second-order valence-electron chi connectivity index (χ2n) is 3.98. The number of hydrogen-bond acceptors (Lipinski definition) is 3. The Morgan fingerprint density at radius 1 is 1.50 bits per heavy atom. The normalized spacial score (nSPS) is 11.5. The van der Waals surface area contributed by atoms with E-state index in [0.29, 0.717) is 6.54 Å². The molecule has 3 nitrogen and oxygen atoms in total. The van der Waals surface area contributed by atoms with Crippen LogP contribution >= 0.6 is 15.9 Å². The average Bonchev–Trinajstić information content (AvgIpc) is 2.11. The number of halogens is 1. The molecule has 0 unspecified atom stereocenters. The largest absolute Gasteiger partial charge is 0.364 e. The van der Waals surface area contributed by atoms with Gasteiger partial charge in [-0.2, -0.15) is 0 Å². The van der Waals surface area contributed by atoms with E-state index < -0.39 is 0 Å². The van der Waals surface area contributed by atoms with Crippen molar-refractivity contribution in [3.8, 4) is 0 Å². The van der Waals surface area contributed by atoms with Gasteiger partial charge < -0.3 is 11.1 Å². The molecule has 1 heterocycles. The van der Waals surface area contributed by atoms with Gasteiger partial charge in [-0.3, -0.25) is 0 Å². The van der Waals surface area contributed by atoms with E-state index in [1.54, 1.807) is 0 Å². The number of nitrogens with two attached hydrogens (primary N) is 1. The van der Waals surface area contributed by atoms with Crippen molar-refractivity contribution in [3.63, 3.8) is 0 Å². The number of nitrogens with one attached hydrogen (secondary N) is 1. The number of pyridine rings is 1. The topological polar surface area (TPSA) is 50.9 Å². The van der Waals surface area contributed by atoms with E-state index in [-0.39, 0.29) is 5.54 Å². The molecular formula is C10H16BrN3. The summed E-state index contributed by atoms with van der Waals surface area (Å²) in [6.07, 6.45) is 0. The Morgan fingerprint density at radius 3 is 2.64 bits per heavy atom. The predicted molar refractivity (Wildman–Crippen MR) is 63.4 cm³/mol. The van der Waals surface area contributed by atoms with Gasteiger partial charge in [0.1, 0.15) is 5.82 Å². The molecular weight excluding hydrogens is 242 g/mol. The molecule has 0 amide bonds. The first-order valence-corrected chi connectivity index (χ1v) is 5.35. The van der Waals surface area contributed by atoms with Crippen molar-refractivity contribution >= 4 is 21.7 Å². The van der Waals surface area contributed by atoms with E-state index in [2.05, 4.69) is 26.2 Å². The van der Waals surface area contributed by atoms with E-state index in [1.807, 2.05) is 32.9 Å². The van der Waals surface area contributed by atoms with E-state index in [9.17, 15) is 0 Å². The lowest BCUT2D eigenvalue weighted by Gasteiger charge is -2.25. The summed E-state index contributed by atoms with van der Waals surface area (Å²) < 4.78 is 1.02. The van der Waals surface area contributed by atoms with Crippen LogP contribution in [0.5, 0.6) is 0 Å². The summed E-state index contributed by atoms with van der Waals surface area (Å²) in [5, 5.41) is 3.28. The molecule has 0 fully saturated rings. The van der Waals surface area contributed by atoms with E-state index in [1.165, 1.54) is 0 Å². The van der Waals surface area contributed by atoms with Crippen molar-refractivity contribution in [2.45, 2.75) is 26.3 Å². The molecule has 0 atom stereocenters. The van der Waals surface area contributed by atoms with Crippen LogP contribution in [0.2, 0.25) is 0 Å². The van der Waals surface area contributed by atoms with Crippen LogP contribution in [0.1, 0.15) is 19.5 Å². The molecule has 1 aromatic heterocycles. The van der Waals surface area contributed by atoms with Gasteiger partial charge in [-0.25, -0.2) is 4.98 Å². The lowest BCUT2D eigenvalue weighted by atomic mass is 10.1. The van der Waals surface area contributed by atoms with Gasteiger partial charge in [0.2, 0.25) is 0 Å². The summed E-state index contributed by atoms with van der Waals surface area (Å²) >= 11 is 3.41. The number of hydrogen-bond donors (Lipinski definition) is 2. The average molecular weight is 258 g/mol. The predicted octanol–water partition coefficient (Wildman–Crippen LogP) is 2.30. The first-order valence-electron chi connectivity index (χ1n) is 4.56. The van der Waals surface area contributed by atoms with Crippen LogP contribution < -0.4 is 11.1 Å². The Bertz CT molecular complexity index is 323. The Morgan fingerprint density at radius 2 is 2.14 bits per heavy atom. The van der Waals surface area contributed by atoms with Crippen LogP contribution in [0.15, 0.2) is 16.6 Å². The van der Waals surface area contributed by atoms with E-state index in [0.717, 1.165) is 16.0 Å². The highest BCUT2D eigenvalue weighted by Crippen LogP contribution is 2.18. The summed E-state index contributed by atoms with van der Waals surface area (Å²) in [6, 6.07) is 3.92. The summed E-state index contributed by atoms with van der Waals surface area (Å²) in [5.41, 5.74) is 6.48. The number of nitrogens with zero attached hydrogens (tertiary/aromatic N) is 1. The highest BCUT2D eigenvalue weighted by molar-refractivity contribution is 9.10. The maximum absolute atomic E-state index is 5.62. The quantitative estimate of drug-likeness (QED) is 0.874. The number of rotatable bonds is 3. The van der Waals surface area contributed by atoms with Gasteiger partial charge in [0, 0.05) is 16.6 Å². The third-order valence-electron chi connectivity index (χ3n) is 2.00. The van der Waals surface area contributed by atoms with Crippen LogP contribution in [-0.2, 0) is 0 Å². The molecule has 0 saturated carbocycles. The molecule has 0 bridgehead atoms. The number of anilines is 1. The van der Waals surface area contributed by atoms with Crippen molar-refractivity contribution in [3.05, 3.63) is 22.3 Å². The SMILES string of the molecule is Cc1nc(NC(C)(C)CN)ccc1Br. The molecule has 0 aliphatic heterocycles. The van der Waals surface area contributed by atoms with E-state index >= 15 is 0 Å². The molecule has 0 aliphatic carbocycles. The molecule has 0 aromatic carbocycles. The Labute approximate surface area is 93.2 Å². The highest BCUT2D eigenvalue weighted by Gasteiger charge is 2.15. The van der Waals surface area contributed by atoms with Crippen LogP contribution in [0.4, 0.5) is 5.82 Å². The molecule has 0 aliphatic rings. The van der Waals surface area contributed by atoms with Crippen LogP contribution in [-0.4, -0.2) is 17.1 Å². The molecule has 14 heavy (non-hydrogen) atoms. The summed E-state index contributed by atoms with van der Waals surface area (Å²) in [6.45, 7) is 6.63. The fraction of sp³-hybridized carbons (Fsp3) is 0.500. The van der Waals surface area contributed by atoms with Crippen molar-refractivity contribution in [2.75, 3.05) is 11.9 Å². The third kappa shape index (κ3) is 2.96. The fourth-order valence-corrected chi connectivity index (χ4v) is 1.23. The van der Waals surface area contributed by atoms with Crippen LogP contribution in [0, 0.1) is 6.92 Å². The zero-order valence-electron chi connectivity index (χ0n) is 8.76. The monoisotopic (exact) mass is 257 g/mol. The third-order valence-corrected chi connectivity index (χ3v) is 2.84. The first-order chi connectivity index (χ1) is 6.44. The summed E-state index contributed by atoms with van der Waals surface area (Å²) in [4.78, 5) is 4.39. The van der Waals surface area contributed by atoms with Gasteiger partial charge in [-0.05, 0) is 48.8 Å². The van der Waals surface area contributed by atoms with Crippen molar-refractivity contribution < 1.29 is 0 Å².